The molecule has 0 fully saturated rings. The zero-order valence-electron chi connectivity index (χ0n) is 7.13. The number of nitrogens with one attached hydrogen (secondary N) is 1. The van der Waals surface area contributed by atoms with Crippen LogP contribution in [0.1, 0.15) is 5.82 Å². The van der Waals surface area contributed by atoms with Crippen molar-refractivity contribution in [3.05, 3.63) is 12.2 Å². The molecule has 0 aromatic carbocycles. The number of hydrogen-bond donors (Lipinski definition) is 1. The van der Waals surface area contributed by atoms with E-state index in [1.807, 2.05) is 7.05 Å². The number of hydrogen-bond acceptors (Lipinski definition) is 3. The Morgan fingerprint density at radius 1 is 1.58 bits per heavy atom. The molecule has 1 rings (SSSR count). The van der Waals surface area contributed by atoms with Gasteiger partial charge >= 0.3 is 0 Å². The van der Waals surface area contributed by atoms with E-state index in [0.29, 0.717) is 6.54 Å². The molecule has 68 valence electrons. The van der Waals surface area contributed by atoms with Crippen molar-refractivity contribution in [2.75, 3.05) is 19.8 Å². The van der Waals surface area contributed by atoms with Gasteiger partial charge in [-0.2, -0.15) is 5.10 Å². The van der Waals surface area contributed by atoms with Crippen LogP contribution in [0.4, 0.5) is 4.39 Å². The quantitative estimate of drug-likeness (QED) is 0.631. The van der Waals surface area contributed by atoms with Crippen LogP contribution in [0.5, 0.6) is 0 Å². The summed E-state index contributed by atoms with van der Waals surface area (Å²) in [6, 6.07) is 0. The third-order valence-electron chi connectivity index (χ3n) is 1.44. The van der Waals surface area contributed by atoms with Gasteiger partial charge in [0, 0.05) is 26.6 Å². The van der Waals surface area contributed by atoms with E-state index in [0.717, 1.165) is 18.8 Å². The van der Waals surface area contributed by atoms with Gasteiger partial charge in [0.1, 0.15) is 13.0 Å². The predicted octanol–water partition coefficient (Wildman–Crippen LogP) is -0.0833. The summed E-state index contributed by atoms with van der Waals surface area (Å²) in [7, 11) is 1.82. The largest absolute Gasteiger partial charge is 0.314 e. The molecule has 0 unspecified atom stereocenters. The first-order valence-electron chi connectivity index (χ1n) is 3.94. The highest BCUT2D eigenvalue weighted by Gasteiger charge is 1.96. The lowest BCUT2D eigenvalue weighted by Crippen LogP contribution is -2.20. The lowest BCUT2D eigenvalue weighted by Gasteiger charge is -1.97. The van der Waals surface area contributed by atoms with E-state index in [1.54, 1.807) is 11.0 Å². The van der Waals surface area contributed by atoms with Crippen molar-refractivity contribution in [1.82, 2.24) is 20.1 Å². The highest BCUT2D eigenvalue weighted by Crippen LogP contribution is 1.87. The Morgan fingerprint density at radius 3 is 3.00 bits per heavy atom. The Bertz CT molecular complexity index is 223. The fourth-order valence-corrected chi connectivity index (χ4v) is 0.890. The van der Waals surface area contributed by atoms with E-state index in [2.05, 4.69) is 15.4 Å². The predicted molar refractivity (Wildman–Crippen MR) is 43.6 cm³/mol. The van der Waals surface area contributed by atoms with Gasteiger partial charge in [0.2, 0.25) is 0 Å². The minimum absolute atomic E-state index is 0.324. The minimum atomic E-state index is -0.324. The summed E-state index contributed by atoms with van der Waals surface area (Å²) in [4.78, 5) is 4.03. The molecule has 0 spiro atoms. The number of aromatic nitrogens is 3. The molecule has 12 heavy (non-hydrogen) atoms. The fraction of sp³-hybridized carbons (Fsp3) is 0.714. The van der Waals surface area contributed by atoms with Crippen molar-refractivity contribution in [3.63, 3.8) is 0 Å². The van der Waals surface area contributed by atoms with Crippen LogP contribution in [0.25, 0.3) is 0 Å². The molecule has 5 heteroatoms. The van der Waals surface area contributed by atoms with Crippen LogP contribution in [0.2, 0.25) is 0 Å². The number of alkyl halides is 1. The molecule has 1 aromatic rings. The van der Waals surface area contributed by atoms with Crippen molar-refractivity contribution in [1.29, 1.82) is 0 Å². The van der Waals surface area contributed by atoms with Crippen LogP contribution in [0.3, 0.4) is 0 Å². The highest BCUT2D eigenvalue weighted by molar-refractivity contribution is 4.81. The first-order chi connectivity index (χ1) is 5.83. The average Bonchev–Trinajstić information content (AvgIpc) is 2.45. The molecule has 1 heterocycles. The maximum absolute atomic E-state index is 11.6. The van der Waals surface area contributed by atoms with Gasteiger partial charge in [0.05, 0.1) is 0 Å². The first kappa shape index (κ1) is 9.12. The first-order valence-corrected chi connectivity index (χ1v) is 3.94. The second kappa shape index (κ2) is 4.82. The number of rotatable bonds is 5. The molecule has 0 radical (unpaired) electrons. The molecule has 0 atom stereocenters. The minimum Gasteiger partial charge on any atom is -0.314 e. The molecule has 4 nitrogen and oxygen atoms in total. The number of aryl methyl sites for hydroxylation is 1. The van der Waals surface area contributed by atoms with Gasteiger partial charge in [-0.3, -0.25) is 4.68 Å². The summed E-state index contributed by atoms with van der Waals surface area (Å²) >= 11 is 0. The molecular weight excluding hydrogens is 159 g/mol. The third-order valence-corrected chi connectivity index (χ3v) is 1.44. The van der Waals surface area contributed by atoms with Crippen molar-refractivity contribution in [3.8, 4) is 0 Å². The molecule has 0 aliphatic rings. The van der Waals surface area contributed by atoms with Gasteiger partial charge in [0.25, 0.3) is 0 Å². The summed E-state index contributed by atoms with van der Waals surface area (Å²) < 4.78 is 13.3. The van der Waals surface area contributed by atoms with Crippen LogP contribution >= 0.6 is 0 Å². The average molecular weight is 172 g/mol. The Balaban J connectivity index is 2.15. The van der Waals surface area contributed by atoms with Crippen LogP contribution in [-0.4, -0.2) is 34.5 Å². The third kappa shape index (κ3) is 2.96. The Kier molecular flexibility index (Phi) is 3.66. The standard InChI is InChI=1S/C7H13FN4/c1-12-6-10-7(11-12)2-4-9-5-3-8/h6,9H,2-5H2,1H3. The summed E-state index contributed by atoms with van der Waals surface area (Å²) in [6.07, 6.45) is 2.41. The molecule has 0 saturated carbocycles. The van der Waals surface area contributed by atoms with Gasteiger partial charge in [-0.05, 0) is 0 Å². The monoisotopic (exact) mass is 172 g/mol. The van der Waals surface area contributed by atoms with Crippen molar-refractivity contribution >= 4 is 0 Å². The molecule has 1 aromatic heterocycles. The molecular formula is C7H13FN4. The van der Waals surface area contributed by atoms with Crippen molar-refractivity contribution < 1.29 is 4.39 Å². The summed E-state index contributed by atoms with van der Waals surface area (Å²) in [5.74, 6) is 0.795. The second-order valence-electron chi connectivity index (χ2n) is 2.52. The van der Waals surface area contributed by atoms with Crippen LogP contribution in [-0.2, 0) is 13.5 Å². The van der Waals surface area contributed by atoms with E-state index in [4.69, 9.17) is 0 Å². The highest BCUT2D eigenvalue weighted by atomic mass is 19.1. The van der Waals surface area contributed by atoms with Crippen LogP contribution in [0.15, 0.2) is 6.33 Å². The molecule has 0 amide bonds. The number of halogens is 1. The molecule has 0 aliphatic carbocycles. The van der Waals surface area contributed by atoms with Crippen molar-refractivity contribution in [2.24, 2.45) is 7.05 Å². The van der Waals surface area contributed by atoms with Gasteiger partial charge in [-0.25, -0.2) is 9.37 Å². The molecule has 0 aliphatic heterocycles. The van der Waals surface area contributed by atoms with Crippen LogP contribution in [0, 0.1) is 0 Å². The number of nitrogens with zero attached hydrogens (tertiary/aromatic N) is 3. The summed E-state index contributed by atoms with van der Waals surface area (Å²) in [5, 5.41) is 7.01. The zero-order valence-corrected chi connectivity index (χ0v) is 7.13. The van der Waals surface area contributed by atoms with E-state index in [9.17, 15) is 4.39 Å². The molecule has 1 N–H and O–H groups in total. The maximum atomic E-state index is 11.6. The van der Waals surface area contributed by atoms with Gasteiger partial charge in [-0.15, -0.1) is 0 Å². The van der Waals surface area contributed by atoms with Gasteiger partial charge in [-0.1, -0.05) is 0 Å². The second-order valence-corrected chi connectivity index (χ2v) is 2.52. The van der Waals surface area contributed by atoms with Crippen molar-refractivity contribution in [2.45, 2.75) is 6.42 Å². The van der Waals surface area contributed by atoms with E-state index < -0.39 is 0 Å². The summed E-state index contributed by atoms with van der Waals surface area (Å²) in [6.45, 7) is 0.816. The maximum Gasteiger partial charge on any atom is 0.151 e. The van der Waals surface area contributed by atoms with Gasteiger partial charge < -0.3 is 5.32 Å². The van der Waals surface area contributed by atoms with E-state index >= 15 is 0 Å². The topological polar surface area (TPSA) is 42.7 Å². The smallest absolute Gasteiger partial charge is 0.151 e. The van der Waals surface area contributed by atoms with E-state index in [1.165, 1.54) is 0 Å². The lowest BCUT2D eigenvalue weighted by molar-refractivity contribution is 0.467. The van der Waals surface area contributed by atoms with E-state index in [-0.39, 0.29) is 6.67 Å². The molecule has 0 saturated heterocycles. The zero-order chi connectivity index (χ0) is 8.81. The normalized spacial score (nSPS) is 10.5. The molecule has 0 bridgehead atoms. The Hall–Kier alpha value is -0.970. The Labute approximate surface area is 70.8 Å². The lowest BCUT2D eigenvalue weighted by atomic mass is 10.4. The summed E-state index contributed by atoms with van der Waals surface area (Å²) in [5.41, 5.74) is 0. The Morgan fingerprint density at radius 2 is 2.42 bits per heavy atom. The van der Waals surface area contributed by atoms with Gasteiger partial charge in [0.15, 0.2) is 5.82 Å². The SMILES string of the molecule is Cn1cnc(CCNCCF)n1. The van der Waals surface area contributed by atoms with Crippen LogP contribution < -0.4 is 5.32 Å². The fourth-order valence-electron chi connectivity index (χ4n) is 0.890.